The number of hydrogen-bond acceptors (Lipinski definition) is 6. The van der Waals surface area contributed by atoms with E-state index in [1.165, 1.54) is 12.5 Å². The van der Waals surface area contributed by atoms with E-state index in [-0.39, 0.29) is 5.03 Å². The monoisotopic (exact) mass is 299 g/mol. The van der Waals surface area contributed by atoms with Crippen molar-refractivity contribution in [3.05, 3.63) is 23.9 Å². The highest BCUT2D eigenvalue weighted by molar-refractivity contribution is 7.89. The van der Waals surface area contributed by atoms with Crippen LogP contribution < -0.4 is 10.0 Å². The van der Waals surface area contributed by atoms with E-state index in [1.807, 2.05) is 6.92 Å². The van der Waals surface area contributed by atoms with Crippen LogP contribution in [0.2, 0.25) is 0 Å². The van der Waals surface area contributed by atoms with Gasteiger partial charge in [0.05, 0.1) is 12.2 Å². The minimum Gasteiger partial charge on any atom is -0.313 e. The average molecular weight is 299 g/mol. The lowest BCUT2D eigenvalue weighted by Gasteiger charge is -2.11. The van der Waals surface area contributed by atoms with E-state index in [2.05, 4.69) is 35.4 Å². The number of nitrogens with zero attached hydrogens (tertiary/aromatic N) is 3. The Hall–Kier alpha value is -1.78. The summed E-state index contributed by atoms with van der Waals surface area (Å²) in [5, 5.41) is 15.8. The van der Waals surface area contributed by atoms with Gasteiger partial charge in [0.2, 0.25) is 0 Å². The van der Waals surface area contributed by atoms with Crippen molar-refractivity contribution in [2.45, 2.75) is 31.5 Å². The smallest absolute Gasteiger partial charge is 0.258 e. The van der Waals surface area contributed by atoms with Gasteiger partial charge in [-0.15, -0.1) is 0 Å². The van der Waals surface area contributed by atoms with Gasteiger partial charge in [-0.2, -0.15) is 14.9 Å². The zero-order valence-electron chi connectivity index (χ0n) is 11.2. The first-order valence-electron chi connectivity index (χ1n) is 6.15. The number of H-pyrrole nitrogens is 2. The Morgan fingerprint density at radius 2 is 2.15 bits per heavy atom. The third-order valence-corrected chi connectivity index (χ3v) is 4.24. The third-order valence-electron chi connectivity index (χ3n) is 2.69. The molecule has 0 aliphatic heterocycles. The van der Waals surface area contributed by atoms with Crippen LogP contribution in [0.4, 0.5) is 0 Å². The van der Waals surface area contributed by atoms with Gasteiger partial charge in [-0.3, -0.25) is 10.2 Å². The molecule has 1 unspecified atom stereocenters. The highest BCUT2D eigenvalue weighted by Crippen LogP contribution is 2.15. The molecule has 0 aliphatic rings. The van der Waals surface area contributed by atoms with Crippen molar-refractivity contribution in [3.8, 4) is 0 Å². The highest BCUT2D eigenvalue weighted by Gasteiger charge is 2.24. The lowest BCUT2D eigenvalue weighted by Crippen LogP contribution is -2.29. The largest absolute Gasteiger partial charge is 0.313 e. The lowest BCUT2D eigenvalue weighted by molar-refractivity contribution is 0.554. The molecule has 2 rings (SSSR count). The standard InChI is InChI=1S/C10H17N7O2S/c1-3-11-4-8-5-13-16-10(8)20(18,19)17-7(2)9-12-6-14-15-9/h5-7,11,17H,3-4H2,1-2H3,(H,13,16)(H,12,14,15). The van der Waals surface area contributed by atoms with Crippen LogP contribution in [0, 0.1) is 0 Å². The van der Waals surface area contributed by atoms with Crippen molar-refractivity contribution < 1.29 is 8.42 Å². The normalized spacial score (nSPS) is 13.5. The summed E-state index contributed by atoms with van der Waals surface area (Å²) < 4.78 is 27.1. The Labute approximate surface area is 116 Å². The summed E-state index contributed by atoms with van der Waals surface area (Å²) in [4.78, 5) is 3.92. The number of nitrogens with one attached hydrogen (secondary N) is 4. The van der Waals surface area contributed by atoms with Gasteiger partial charge in [0, 0.05) is 12.1 Å². The molecule has 0 radical (unpaired) electrons. The van der Waals surface area contributed by atoms with Crippen molar-refractivity contribution in [1.29, 1.82) is 0 Å². The maximum atomic E-state index is 12.3. The summed E-state index contributed by atoms with van der Waals surface area (Å²) in [6, 6.07) is -0.516. The molecule has 9 nitrogen and oxygen atoms in total. The van der Waals surface area contributed by atoms with E-state index in [0.717, 1.165) is 6.54 Å². The zero-order valence-corrected chi connectivity index (χ0v) is 12.0. The molecule has 0 fully saturated rings. The van der Waals surface area contributed by atoms with Gasteiger partial charge in [0.15, 0.2) is 5.03 Å². The fourth-order valence-corrected chi connectivity index (χ4v) is 3.03. The second kappa shape index (κ2) is 6.11. The van der Waals surface area contributed by atoms with Crippen LogP contribution in [0.15, 0.2) is 17.6 Å². The SMILES string of the molecule is CCNCc1cn[nH]c1S(=O)(=O)NC(C)c1ncn[nH]1. The zero-order chi connectivity index (χ0) is 14.6. The number of rotatable bonds is 7. The molecule has 2 heterocycles. The van der Waals surface area contributed by atoms with Gasteiger partial charge >= 0.3 is 0 Å². The molecule has 4 N–H and O–H groups in total. The van der Waals surface area contributed by atoms with Gasteiger partial charge in [-0.1, -0.05) is 6.92 Å². The molecule has 0 bridgehead atoms. The summed E-state index contributed by atoms with van der Waals surface area (Å²) in [6.45, 7) is 4.80. The average Bonchev–Trinajstić information content (AvgIpc) is 3.07. The van der Waals surface area contributed by atoms with Crippen molar-refractivity contribution >= 4 is 10.0 Å². The summed E-state index contributed by atoms with van der Waals surface area (Å²) >= 11 is 0. The summed E-state index contributed by atoms with van der Waals surface area (Å²) in [6.07, 6.45) is 2.82. The molecular weight excluding hydrogens is 282 g/mol. The maximum Gasteiger partial charge on any atom is 0.258 e. The first-order valence-corrected chi connectivity index (χ1v) is 7.63. The van der Waals surface area contributed by atoms with E-state index < -0.39 is 16.1 Å². The fraction of sp³-hybridized carbons (Fsp3) is 0.500. The van der Waals surface area contributed by atoms with Crippen LogP contribution in [0.25, 0.3) is 0 Å². The molecule has 0 saturated heterocycles. The predicted octanol–water partition coefficient (Wildman–Crippen LogP) is -0.323. The second-order valence-corrected chi connectivity index (χ2v) is 5.87. The summed E-state index contributed by atoms with van der Waals surface area (Å²) in [5.41, 5.74) is 0.587. The minimum absolute atomic E-state index is 0.0600. The second-order valence-electron chi connectivity index (χ2n) is 4.22. The molecule has 1 atom stereocenters. The van der Waals surface area contributed by atoms with Gasteiger partial charge in [0.1, 0.15) is 12.2 Å². The van der Waals surface area contributed by atoms with E-state index in [4.69, 9.17) is 0 Å². The fourth-order valence-electron chi connectivity index (χ4n) is 1.69. The quantitative estimate of drug-likeness (QED) is 0.554. The third kappa shape index (κ3) is 3.21. The lowest BCUT2D eigenvalue weighted by atomic mass is 10.3. The maximum absolute atomic E-state index is 12.3. The molecule has 10 heteroatoms. The number of aromatic amines is 2. The number of sulfonamides is 1. The number of aromatic nitrogens is 5. The first kappa shape index (κ1) is 14.6. The molecule has 0 saturated carbocycles. The Morgan fingerprint density at radius 3 is 2.80 bits per heavy atom. The van der Waals surface area contributed by atoms with Gasteiger partial charge < -0.3 is 5.32 Å². The predicted molar refractivity (Wildman–Crippen MR) is 71.1 cm³/mol. The minimum atomic E-state index is -3.70. The number of hydrogen-bond donors (Lipinski definition) is 4. The molecule has 0 spiro atoms. The van der Waals surface area contributed by atoms with Gasteiger partial charge in [-0.05, 0) is 13.5 Å². The summed E-state index contributed by atoms with van der Waals surface area (Å²) in [5.74, 6) is 0.446. The highest BCUT2D eigenvalue weighted by atomic mass is 32.2. The van der Waals surface area contributed by atoms with E-state index in [9.17, 15) is 8.42 Å². The topological polar surface area (TPSA) is 128 Å². The van der Waals surface area contributed by atoms with Crippen LogP contribution in [0.3, 0.4) is 0 Å². The Bertz CT molecular complexity index is 634. The van der Waals surface area contributed by atoms with Crippen LogP contribution >= 0.6 is 0 Å². The van der Waals surface area contributed by atoms with Crippen LogP contribution in [-0.2, 0) is 16.6 Å². The molecule has 0 amide bonds. The van der Waals surface area contributed by atoms with Gasteiger partial charge in [-0.25, -0.2) is 13.4 Å². The molecule has 0 aromatic carbocycles. The van der Waals surface area contributed by atoms with E-state index in [1.54, 1.807) is 6.92 Å². The molecule has 110 valence electrons. The van der Waals surface area contributed by atoms with E-state index >= 15 is 0 Å². The Kier molecular flexibility index (Phi) is 4.47. The van der Waals surface area contributed by atoms with Gasteiger partial charge in [0.25, 0.3) is 10.0 Å². The molecule has 2 aromatic rings. The van der Waals surface area contributed by atoms with Crippen LogP contribution in [0.1, 0.15) is 31.3 Å². The summed E-state index contributed by atoms with van der Waals surface area (Å²) in [7, 11) is -3.70. The van der Waals surface area contributed by atoms with Crippen molar-refractivity contribution in [3.63, 3.8) is 0 Å². The first-order chi connectivity index (χ1) is 9.54. The van der Waals surface area contributed by atoms with Crippen LogP contribution in [0.5, 0.6) is 0 Å². The van der Waals surface area contributed by atoms with Crippen molar-refractivity contribution in [1.82, 2.24) is 35.4 Å². The Morgan fingerprint density at radius 1 is 1.35 bits per heavy atom. The van der Waals surface area contributed by atoms with Crippen LogP contribution in [-0.4, -0.2) is 40.3 Å². The van der Waals surface area contributed by atoms with E-state index in [0.29, 0.717) is 17.9 Å². The molecule has 2 aromatic heterocycles. The van der Waals surface area contributed by atoms with Crippen molar-refractivity contribution in [2.75, 3.05) is 6.54 Å². The van der Waals surface area contributed by atoms with Crippen molar-refractivity contribution in [2.24, 2.45) is 0 Å². The molecular formula is C10H17N7O2S. The molecule has 20 heavy (non-hydrogen) atoms. The Balaban J connectivity index is 2.16. The molecule has 0 aliphatic carbocycles.